The Labute approximate surface area is 109 Å². The van der Waals surface area contributed by atoms with E-state index in [0.29, 0.717) is 18.8 Å². The maximum atomic E-state index is 11.7. The van der Waals surface area contributed by atoms with Crippen LogP contribution in [0.3, 0.4) is 0 Å². The second-order valence-electron chi connectivity index (χ2n) is 4.27. The van der Waals surface area contributed by atoms with Gasteiger partial charge in [-0.05, 0) is 12.1 Å². The smallest absolute Gasteiger partial charge is 0.354 e. The molecule has 0 bridgehead atoms. The van der Waals surface area contributed by atoms with Gasteiger partial charge in [0.25, 0.3) is 0 Å². The van der Waals surface area contributed by atoms with Gasteiger partial charge in [0.1, 0.15) is 5.69 Å². The monoisotopic (exact) mass is 263 g/mol. The first-order valence-corrected chi connectivity index (χ1v) is 5.72. The summed E-state index contributed by atoms with van der Waals surface area (Å²) < 4.78 is 0. The van der Waals surface area contributed by atoms with Crippen LogP contribution >= 0.6 is 0 Å². The minimum absolute atomic E-state index is 0.0783. The van der Waals surface area contributed by atoms with Crippen LogP contribution < -0.4 is 0 Å². The molecule has 0 saturated carbocycles. The number of hydrogen-bond acceptors (Lipinski definition) is 4. The molecule has 0 aliphatic carbocycles. The average molecular weight is 263 g/mol. The number of piperazine rings is 1. The Morgan fingerprint density at radius 2 is 2.05 bits per heavy atom. The topological polar surface area (TPSA) is 90.8 Å². The second kappa shape index (κ2) is 5.05. The summed E-state index contributed by atoms with van der Waals surface area (Å²) in [7, 11) is 1.57. The quantitative estimate of drug-likeness (QED) is 0.748. The molecule has 2 heterocycles. The number of aromatic nitrogens is 1. The van der Waals surface area contributed by atoms with Crippen molar-refractivity contribution in [2.24, 2.45) is 0 Å². The number of carbonyl (C=O) groups excluding carboxylic acids is 2. The van der Waals surface area contributed by atoms with Crippen molar-refractivity contribution in [2.75, 3.05) is 20.1 Å². The van der Waals surface area contributed by atoms with Gasteiger partial charge in [0, 0.05) is 20.1 Å². The van der Waals surface area contributed by atoms with Crippen molar-refractivity contribution in [3.8, 4) is 0 Å². The van der Waals surface area contributed by atoms with Crippen LogP contribution in [0.2, 0.25) is 0 Å². The highest BCUT2D eigenvalue weighted by molar-refractivity contribution is 6.35. The molecule has 1 N–H and O–H groups in total. The van der Waals surface area contributed by atoms with E-state index in [4.69, 9.17) is 5.11 Å². The molecular formula is C12H13N3O4. The van der Waals surface area contributed by atoms with Gasteiger partial charge in [-0.25, -0.2) is 9.78 Å². The summed E-state index contributed by atoms with van der Waals surface area (Å²) in [4.78, 5) is 40.7. The molecule has 0 aromatic carbocycles. The lowest BCUT2D eigenvalue weighted by Crippen LogP contribution is -2.52. The Morgan fingerprint density at radius 3 is 2.74 bits per heavy atom. The van der Waals surface area contributed by atoms with Gasteiger partial charge in [-0.15, -0.1) is 0 Å². The Morgan fingerprint density at radius 1 is 1.32 bits per heavy atom. The van der Waals surface area contributed by atoms with E-state index in [1.807, 2.05) is 0 Å². The Hall–Kier alpha value is -2.44. The van der Waals surface area contributed by atoms with E-state index in [1.165, 1.54) is 15.9 Å². The number of carboxylic acid groups (broad SMARTS) is 1. The lowest BCUT2D eigenvalue weighted by molar-refractivity contribution is -0.155. The highest BCUT2D eigenvalue weighted by atomic mass is 16.4. The van der Waals surface area contributed by atoms with Gasteiger partial charge in [0.05, 0.1) is 12.2 Å². The second-order valence-corrected chi connectivity index (χ2v) is 4.27. The van der Waals surface area contributed by atoms with Crippen molar-refractivity contribution in [3.63, 3.8) is 0 Å². The van der Waals surface area contributed by atoms with Crippen LogP contribution in [0.25, 0.3) is 0 Å². The van der Waals surface area contributed by atoms with Gasteiger partial charge in [-0.1, -0.05) is 6.07 Å². The molecule has 7 heteroatoms. The molecule has 1 aromatic rings. The standard InChI is InChI=1S/C12H13N3O4/c1-14-5-6-15(11(17)10(14)16)7-8-3-2-4-9(13-8)12(18)19/h2-4H,5-7H2,1H3,(H,18,19). The number of rotatable bonds is 3. The highest BCUT2D eigenvalue weighted by Gasteiger charge is 2.30. The number of likely N-dealkylation sites (N-methyl/N-ethyl adjacent to an activating group) is 1. The fourth-order valence-corrected chi connectivity index (χ4v) is 1.81. The van der Waals surface area contributed by atoms with Crippen LogP contribution in [-0.4, -0.2) is 57.8 Å². The van der Waals surface area contributed by atoms with E-state index >= 15 is 0 Å². The summed E-state index contributed by atoms with van der Waals surface area (Å²) in [5, 5.41) is 8.84. The predicted molar refractivity (Wildman–Crippen MR) is 64.3 cm³/mol. The third kappa shape index (κ3) is 2.70. The number of carboxylic acids is 1. The van der Waals surface area contributed by atoms with E-state index in [2.05, 4.69) is 4.98 Å². The Kier molecular flexibility index (Phi) is 3.46. The van der Waals surface area contributed by atoms with E-state index in [0.717, 1.165) is 0 Å². The van der Waals surface area contributed by atoms with Crippen molar-refractivity contribution < 1.29 is 19.5 Å². The first-order chi connectivity index (χ1) is 8.99. The van der Waals surface area contributed by atoms with Gasteiger partial charge in [-0.2, -0.15) is 0 Å². The van der Waals surface area contributed by atoms with Crippen molar-refractivity contribution >= 4 is 17.8 Å². The number of amides is 2. The van der Waals surface area contributed by atoms with Crippen LogP contribution in [0.15, 0.2) is 18.2 Å². The molecule has 1 aromatic heterocycles. The zero-order valence-corrected chi connectivity index (χ0v) is 10.4. The lowest BCUT2D eigenvalue weighted by atomic mass is 10.2. The van der Waals surface area contributed by atoms with Crippen LogP contribution in [-0.2, 0) is 16.1 Å². The fourth-order valence-electron chi connectivity index (χ4n) is 1.81. The first-order valence-electron chi connectivity index (χ1n) is 5.72. The molecular weight excluding hydrogens is 250 g/mol. The number of carbonyl (C=O) groups is 3. The summed E-state index contributed by atoms with van der Waals surface area (Å²) in [5.74, 6) is -2.26. The number of nitrogens with zero attached hydrogens (tertiary/aromatic N) is 3. The third-order valence-corrected chi connectivity index (χ3v) is 2.90. The minimum Gasteiger partial charge on any atom is -0.477 e. The molecule has 2 amide bonds. The van der Waals surface area contributed by atoms with Crippen molar-refractivity contribution in [1.29, 1.82) is 0 Å². The first kappa shape index (κ1) is 13.0. The molecule has 19 heavy (non-hydrogen) atoms. The molecule has 0 spiro atoms. The maximum Gasteiger partial charge on any atom is 0.354 e. The molecule has 1 aliphatic rings. The fraction of sp³-hybridized carbons (Fsp3) is 0.333. The summed E-state index contributed by atoms with van der Waals surface area (Å²) in [6.45, 7) is 1.02. The molecule has 100 valence electrons. The molecule has 7 nitrogen and oxygen atoms in total. The summed E-state index contributed by atoms with van der Waals surface area (Å²) in [5.41, 5.74) is 0.371. The van der Waals surface area contributed by atoms with Crippen LogP contribution in [0.4, 0.5) is 0 Å². The highest BCUT2D eigenvalue weighted by Crippen LogP contribution is 2.09. The zero-order valence-electron chi connectivity index (χ0n) is 10.4. The van der Waals surface area contributed by atoms with Gasteiger partial charge in [-0.3, -0.25) is 9.59 Å². The minimum atomic E-state index is -1.12. The molecule has 0 unspecified atom stereocenters. The SMILES string of the molecule is CN1CCN(Cc2cccc(C(=O)O)n2)C(=O)C1=O. The van der Waals surface area contributed by atoms with Gasteiger partial charge in [0.2, 0.25) is 0 Å². The molecule has 1 fully saturated rings. The van der Waals surface area contributed by atoms with E-state index in [-0.39, 0.29) is 12.2 Å². The normalized spacial score (nSPS) is 15.8. The van der Waals surface area contributed by atoms with Crippen molar-refractivity contribution in [3.05, 3.63) is 29.6 Å². The average Bonchev–Trinajstić information content (AvgIpc) is 2.40. The van der Waals surface area contributed by atoms with Gasteiger partial charge >= 0.3 is 17.8 Å². The summed E-state index contributed by atoms with van der Waals surface area (Å²) in [6, 6.07) is 4.57. The Bertz CT molecular complexity index is 544. The molecule has 2 rings (SSSR count). The van der Waals surface area contributed by atoms with Crippen LogP contribution in [0.5, 0.6) is 0 Å². The summed E-state index contributed by atoms with van der Waals surface area (Å²) >= 11 is 0. The Balaban J connectivity index is 2.13. The number of hydrogen-bond donors (Lipinski definition) is 1. The van der Waals surface area contributed by atoms with E-state index < -0.39 is 17.8 Å². The molecule has 0 atom stereocenters. The lowest BCUT2D eigenvalue weighted by Gasteiger charge is -2.31. The van der Waals surface area contributed by atoms with Crippen LogP contribution in [0, 0.1) is 0 Å². The zero-order chi connectivity index (χ0) is 14.0. The number of pyridine rings is 1. The summed E-state index contributed by atoms with van der Waals surface area (Å²) in [6.07, 6.45) is 0. The molecule has 1 saturated heterocycles. The molecule has 0 radical (unpaired) electrons. The van der Waals surface area contributed by atoms with E-state index in [1.54, 1.807) is 19.2 Å². The van der Waals surface area contributed by atoms with E-state index in [9.17, 15) is 14.4 Å². The van der Waals surface area contributed by atoms with Crippen molar-refractivity contribution in [2.45, 2.75) is 6.54 Å². The van der Waals surface area contributed by atoms with Gasteiger partial charge in [0.15, 0.2) is 0 Å². The molecule has 1 aliphatic heterocycles. The maximum absolute atomic E-state index is 11.7. The predicted octanol–water partition coefficient (Wildman–Crippen LogP) is -0.420. The van der Waals surface area contributed by atoms with Crippen molar-refractivity contribution in [1.82, 2.24) is 14.8 Å². The third-order valence-electron chi connectivity index (χ3n) is 2.90. The largest absolute Gasteiger partial charge is 0.477 e. The van der Waals surface area contributed by atoms with Gasteiger partial charge < -0.3 is 14.9 Å². The number of aromatic carboxylic acids is 1. The van der Waals surface area contributed by atoms with Crippen LogP contribution in [0.1, 0.15) is 16.2 Å².